The van der Waals surface area contributed by atoms with Gasteiger partial charge in [-0.25, -0.2) is 0 Å². The summed E-state index contributed by atoms with van der Waals surface area (Å²) in [5, 5.41) is 8.75. The summed E-state index contributed by atoms with van der Waals surface area (Å²) in [6.45, 7) is 7.04. The first-order valence-electron chi connectivity index (χ1n) is 9.68. The Kier molecular flexibility index (Phi) is 6.95. The van der Waals surface area contributed by atoms with E-state index in [1.807, 2.05) is 19.1 Å². The van der Waals surface area contributed by atoms with Crippen molar-refractivity contribution in [2.75, 3.05) is 29.9 Å². The average Bonchev–Trinajstić information content (AvgIpc) is 3.00. The van der Waals surface area contributed by atoms with Gasteiger partial charge in [-0.2, -0.15) is 0 Å². The Morgan fingerprint density at radius 2 is 2.00 bits per heavy atom. The molecule has 0 saturated carbocycles. The van der Waals surface area contributed by atoms with E-state index in [-0.39, 0.29) is 17.7 Å². The van der Waals surface area contributed by atoms with E-state index in [1.165, 1.54) is 11.3 Å². The summed E-state index contributed by atoms with van der Waals surface area (Å²) in [6.07, 6.45) is 0.887. The van der Waals surface area contributed by atoms with Gasteiger partial charge in [0.15, 0.2) is 0 Å². The number of carbonyl (C=O) groups is 3. The number of carbonyl (C=O) groups excluding carboxylic acids is 3. The standard InChI is InChI=1S/C21H25BrN4O3S/c1-13-11-14(5-6-15(13)26-10-4-9-23-12-18(26)27)24-20(29)21(2,3)25-19(28)16-7-8-17(22)30-16/h5-8,11,23H,4,9-10,12H2,1-3H3,(H,24,29)(H,25,28). The molecular weight excluding hydrogens is 468 g/mol. The summed E-state index contributed by atoms with van der Waals surface area (Å²) in [6, 6.07) is 8.97. The Bertz CT molecular complexity index is 973. The number of amides is 3. The number of nitrogens with zero attached hydrogens (tertiary/aromatic N) is 1. The molecule has 3 N–H and O–H groups in total. The van der Waals surface area contributed by atoms with Gasteiger partial charge in [-0.1, -0.05) is 0 Å². The topological polar surface area (TPSA) is 90.5 Å². The lowest BCUT2D eigenvalue weighted by atomic mass is 10.0. The van der Waals surface area contributed by atoms with Crippen molar-refractivity contribution in [3.05, 3.63) is 44.6 Å². The minimum Gasteiger partial charge on any atom is -0.337 e. The second-order valence-corrected chi connectivity index (χ2v) is 10.2. The van der Waals surface area contributed by atoms with E-state index in [4.69, 9.17) is 0 Å². The first kappa shape index (κ1) is 22.5. The fraction of sp³-hybridized carbons (Fsp3) is 0.381. The van der Waals surface area contributed by atoms with Crippen LogP contribution in [0.2, 0.25) is 0 Å². The Morgan fingerprint density at radius 1 is 1.23 bits per heavy atom. The van der Waals surface area contributed by atoms with Crippen LogP contribution < -0.4 is 20.9 Å². The largest absolute Gasteiger partial charge is 0.337 e. The smallest absolute Gasteiger partial charge is 0.262 e. The van der Waals surface area contributed by atoms with Crippen molar-refractivity contribution in [1.29, 1.82) is 0 Å². The van der Waals surface area contributed by atoms with Crippen molar-refractivity contribution < 1.29 is 14.4 Å². The summed E-state index contributed by atoms with van der Waals surface area (Å²) in [5.74, 6) is -0.587. The van der Waals surface area contributed by atoms with Crippen molar-refractivity contribution >= 4 is 56.4 Å². The number of halogens is 1. The highest BCUT2D eigenvalue weighted by atomic mass is 79.9. The first-order valence-corrected chi connectivity index (χ1v) is 11.3. The summed E-state index contributed by atoms with van der Waals surface area (Å²) >= 11 is 4.64. The quantitative estimate of drug-likeness (QED) is 0.597. The van der Waals surface area contributed by atoms with Gasteiger partial charge in [0.05, 0.1) is 15.2 Å². The van der Waals surface area contributed by atoms with Gasteiger partial charge in [-0.15, -0.1) is 11.3 Å². The van der Waals surface area contributed by atoms with Crippen LogP contribution in [0.5, 0.6) is 0 Å². The zero-order chi connectivity index (χ0) is 21.9. The van der Waals surface area contributed by atoms with Crippen molar-refractivity contribution in [2.45, 2.75) is 32.7 Å². The third-order valence-corrected chi connectivity index (χ3v) is 6.47. The van der Waals surface area contributed by atoms with E-state index in [2.05, 4.69) is 31.9 Å². The van der Waals surface area contributed by atoms with Crippen LogP contribution in [0.3, 0.4) is 0 Å². The Hall–Kier alpha value is -2.23. The average molecular weight is 493 g/mol. The highest BCUT2D eigenvalue weighted by Gasteiger charge is 2.30. The van der Waals surface area contributed by atoms with E-state index >= 15 is 0 Å². The molecule has 1 aliphatic heterocycles. The zero-order valence-electron chi connectivity index (χ0n) is 17.2. The number of hydrogen-bond donors (Lipinski definition) is 3. The van der Waals surface area contributed by atoms with Crippen LogP contribution in [-0.2, 0) is 9.59 Å². The van der Waals surface area contributed by atoms with Gasteiger partial charge < -0.3 is 20.9 Å². The maximum absolute atomic E-state index is 12.8. The molecule has 1 aliphatic rings. The van der Waals surface area contributed by atoms with Gasteiger partial charge in [-0.05, 0) is 85.6 Å². The molecule has 160 valence electrons. The molecular formula is C21H25BrN4O3S. The highest BCUT2D eigenvalue weighted by Crippen LogP contribution is 2.26. The summed E-state index contributed by atoms with van der Waals surface area (Å²) in [4.78, 5) is 39.9. The second kappa shape index (κ2) is 9.28. The number of aryl methyl sites for hydroxylation is 1. The van der Waals surface area contributed by atoms with Crippen LogP contribution in [0.4, 0.5) is 11.4 Å². The minimum absolute atomic E-state index is 0.0384. The molecule has 7 nitrogen and oxygen atoms in total. The maximum atomic E-state index is 12.8. The van der Waals surface area contributed by atoms with Gasteiger partial charge >= 0.3 is 0 Å². The molecule has 0 unspecified atom stereocenters. The van der Waals surface area contributed by atoms with Gasteiger partial charge in [0.2, 0.25) is 11.8 Å². The Labute approximate surface area is 188 Å². The molecule has 0 radical (unpaired) electrons. The molecule has 3 rings (SSSR count). The number of nitrogens with one attached hydrogen (secondary N) is 3. The number of benzene rings is 1. The number of anilines is 2. The molecule has 1 aromatic carbocycles. The van der Waals surface area contributed by atoms with E-state index < -0.39 is 5.54 Å². The lowest BCUT2D eigenvalue weighted by molar-refractivity contribution is -0.121. The highest BCUT2D eigenvalue weighted by molar-refractivity contribution is 9.11. The summed E-state index contributed by atoms with van der Waals surface area (Å²) in [7, 11) is 0. The molecule has 9 heteroatoms. The monoisotopic (exact) mass is 492 g/mol. The fourth-order valence-corrected chi connectivity index (χ4v) is 4.48. The Morgan fingerprint density at radius 3 is 2.67 bits per heavy atom. The molecule has 0 aliphatic carbocycles. The molecule has 0 spiro atoms. The maximum Gasteiger partial charge on any atom is 0.262 e. The van der Waals surface area contributed by atoms with Crippen LogP contribution in [0, 0.1) is 6.92 Å². The van der Waals surface area contributed by atoms with Crippen LogP contribution in [0.15, 0.2) is 34.1 Å². The predicted molar refractivity (Wildman–Crippen MR) is 123 cm³/mol. The fourth-order valence-electron chi connectivity index (χ4n) is 3.19. The molecule has 0 atom stereocenters. The van der Waals surface area contributed by atoms with Crippen molar-refractivity contribution in [1.82, 2.24) is 10.6 Å². The van der Waals surface area contributed by atoms with E-state index in [0.717, 1.165) is 28.0 Å². The van der Waals surface area contributed by atoms with Gasteiger partial charge in [0, 0.05) is 17.9 Å². The van der Waals surface area contributed by atoms with Gasteiger partial charge in [-0.3, -0.25) is 14.4 Å². The van der Waals surface area contributed by atoms with Crippen LogP contribution in [0.25, 0.3) is 0 Å². The third kappa shape index (κ3) is 5.27. The summed E-state index contributed by atoms with van der Waals surface area (Å²) in [5.41, 5.74) is 1.25. The molecule has 3 amide bonds. The summed E-state index contributed by atoms with van der Waals surface area (Å²) < 4.78 is 0.851. The van der Waals surface area contributed by atoms with E-state index in [0.29, 0.717) is 23.7 Å². The normalized spacial score (nSPS) is 14.9. The SMILES string of the molecule is Cc1cc(NC(=O)C(C)(C)NC(=O)c2ccc(Br)s2)ccc1N1CCCNCC1=O. The zero-order valence-corrected chi connectivity index (χ0v) is 19.6. The minimum atomic E-state index is -1.10. The van der Waals surface area contributed by atoms with Crippen molar-refractivity contribution in [2.24, 2.45) is 0 Å². The molecule has 0 bridgehead atoms. The van der Waals surface area contributed by atoms with Gasteiger partial charge in [0.25, 0.3) is 5.91 Å². The van der Waals surface area contributed by atoms with Crippen molar-refractivity contribution in [3.8, 4) is 0 Å². The number of hydrogen-bond acceptors (Lipinski definition) is 5. The number of thiophene rings is 1. The van der Waals surface area contributed by atoms with E-state index in [1.54, 1.807) is 36.9 Å². The van der Waals surface area contributed by atoms with E-state index in [9.17, 15) is 14.4 Å². The first-order chi connectivity index (χ1) is 14.2. The lowest BCUT2D eigenvalue weighted by Crippen LogP contribution is -2.52. The van der Waals surface area contributed by atoms with Gasteiger partial charge in [0.1, 0.15) is 5.54 Å². The molecule has 1 saturated heterocycles. The predicted octanol–water partition coefficient (Wildman–Crippen LogP) is 3.29. The molecule has 30 heavy (non-hydrogen) atoms. The second-order valence-electron chi connectivity index (χ2n) is 7.71. The molecule has 2 heterocycles. The van der Waals surface area contributed by atoms with Crippen molar-refractivity contribution in [3.63, 3.8) is 0 Å². The molecule has 1 fully saturated rings. The number of rotatable bonds is 5. The molecule has 1 aromatic heterocycles. The Balaban J connectivity index is 1.69. The third-order valence-electron chi connectivity index (χ3n) is 4.85. The van der Waals surface area contributed by atoms with Crippen LogP contribution in [0.1, 0.15) is 35.5 Å². The van der Waals surface area contributed by atoms with Crippen LogP contribution >= 0.6 is 27.3 Å². The molecule has 2 aromatic rings. The lowest BCUT2D eigenvalue weighted by Gasteiger charge is -2.26. The van der Waals surface area contributed by atoms with Crippen LogP contribution in [-0.4, -0.2) is 42.9 Å².